The van der Waals surface area contributed by atoms with Gasteiger partial charge in [-0.15, -0.1) is 0 Å². The third-order valence-corrected chi connectivity index (χ3v) is 6.62. The lowest BCUT2D eigenvalue weighted by Gasteiger charge is -2.31. The van der Waals surface area contributed by atoms with Gasteiger partial charge in [-0.25, -0.2) is 0 Å². The van der Waals surface area contributed by atoms with E-state index in [1.807, 2.05) is 43.3 Å². The fraction of sp³-hybridized carbons (Fsp3) is 0.333. The summed E-state index contributed by atoms with van der Waals surface area (Å²) in [5, 5.41) is 11.6. The Morgan fingerprint density at radius 1 is 1.11 bits per heavy atom. The summed E-state index contributed by atoms with van der Waals surface area (Å²) in [6.45, 7) is 5.80. The van der Waals surface area contributed by atoms with Crippen LogP contribution >= 0.6 is 0 Å². The highest BCUT2D eigenvalue weighted by atomic mass is 16.5. The van der Waals surface area contributed by atoms with Crippen molar-refractivity contribution in [3.05, 3.63) is 76.8 Å². The van der Waals surface area contributed by atoms with Gasteiger partial charge in [0.15, 0.2) is 22.9 Å². The number of hydrogen-bond donors (Lipinski definition) is 1. The number of hydrogen-bond acceptors (Lipinski definition) is 7. The molecule has 0 bridgehead atoms. The predicted molar refractivity (Wildman–Crippen MR) is 130 cm³/mol. The number of benzene rings is 2. The van der Waals surface area contributed by atoms with Crippen LogP contribution in [0.25, 0.3) is 11.0 Å². The van der Waals surface area contributed by atoms with Gasteiger partial charge >= 0.3 is 0 Å². The zero-order valence-electron chi connectivity index (χ0n) is 19.8. The largest absolute Gasteiger partial charge is 0.503 e. The SMILES string of the molecule is COc1cccc2cc(C(=O)C3=C(O)C(=O)N(CCN4CCOCC4)C3c3cccc(C)c3)oc12. The van der Waals surface area contributed by atoms with Crippen LogP contribution in [0.3, 0.4) is 0 Å². The molecule has 0 radical (unpaired) electrons. The van der Waals surface area contributed by atoms with E-state index in [1.54, 1.807) is 17.0 Å². The monoisotopic (exact) mass is 476 g/mol. The van der Waals surface area contributed by atoms with Crippen molar-refractivity contribution in [2.24, 2.45) is 0 Å². The van der Waals surface area contributed by atoms with Crippen LogP contribution in [0.5, 0.6) is 5.75 Å². The van der Waals surface area contributed by atoms with E-state index in [2.05, 4.69) is 4.90 Å². The van der Waals surface area contributed by atoms with Crippen molar-refractivity contribution in [3.63, 3.8) is 0 Å². The number of fused-ring (bicyclic) bond motifs is 1. The van der Waals surface area contributed by atoms with Gasteiger partial charge in [0.2, 0.25) is 5.78 Å². The molecule has 1 aromatic heterocycles. The number of amides is 1. The third-order valence-electron chi connectivity index (χ3n) is 6.62. The highest BCUT2D eigenvalue weighted by molar-refractivity contribution is 6.16. The maximum atomic E-state index is 13.7. The second-order valence-corrected chi connectivity index (χ2v) is 8.85. The number of ether oxygens (including phenoxy) is 2. The van der Waals surface area contributed by atoms with Crippen molar-refractivity contribution in [1.29, 1.82) is 0 Å². The first-order valence-electron chi connectivity index (χ1n) is 11.7. The minimum atomic E-state index is -0.717. The molecular formula is C27H28N2O6. The van der Waals surface area contributed by atoms with Gasteiger partial charge in [0, 0.05) is 31.6 Å². The summed E-state index contributed by atoms with van der Waals surface area (Å²) < 4.78 is 16.6. The molecule has 1 unspecified atom stereocenters. The molecular weight excluding hydrogens is 448 g/mol. The van der Waals surface area contributed by atoms with Gasteiger partial charge in [0.1, 0.15) is 0 Å². The minimum absolute atomic E-state index is 0.0283. The number of methoxy groups -OCH3 is 1. The summed E-state index contributed by atoms with van der Waals surface area (Å²) in [6, 6.07) is 13.9. The van der Waals surface area contributed by atoms with E-state index < -0.39 is 23.5 Å². The molecule has 0 aliphatic carbocycles. The molecule has 8 nitrogen and oxygen atoms in total. The summed E-state index contributed by atoms with van der Waals surface area (Å²) in [5.41, 5.74) is 2.23. The van der Waals surface area contributed by atoms with Crippen molar-refractivity contribution >= 4 is 22.7 Å². The quantitative estimate of drug-likeness (QED) is 0.520. The molecule has 5 rings (SSSR count). The standard InChI is InChI=1S/C27H28N2O6/c1-17-5-3-6-18(15-17)23-22(24(30)21-16-19-7-4-8-20(33-2)26(19)35-21)25(31)27(32)29(23)10-9-28-11-13-34-14-12-28/h3-8,15-16,23,31H,9-14H2,1-2H3. The lowest BCUT2D eigenvalue weighted by molar-refractivity contribution is -0.129. The topological polar surface area (TPSA) is 92.5 Å². The first-order valence-corrected chi connectivity index (χ1v) is 11.7. The van der Waals surface area contributed by atoms with Crippen LogP contribution in [-0.4, -0.2) is 73.1 Å². The number of para-hydroxylation sites is 1. The summed E-state index contributed by atoms with van der Waals surface area (Å²) in [4.78, 5) is 30.8. The second-order valence-electron chi connectivity index (χ2n) is 8.85. The molecule has 182 valence electrons. The van der Waals surface area contributed by atoms with E-state index in [9.17, 15) is 14.7 Å². The fourth-order valence-corrected chi connectivity index (χ4v) is 4.82. The van der Waals surface area contributed by atoms with Crippen LogP contribution in [-0.2, 0) is 9.53 Å². The number of nitrogens with zero attached hydrogens (tertiary/aromatic N) is 2. The molecule has 35 heavy (non-hydrogen) atoms. The number of furan rings is 1. The average molecular weight is 477 g/mol. The first-order chi connectivity index (χ1) is 17.0. The number of Topliss-reactive ketones (excluding diaryl/α,β-unsaturated/α-hetero) is 1. The van der Waals surface area contributed by atoms with Crippen LogP contribution < -0.4 is 4.74 Å². The number of carbonyl (C=O) groups excluding carboxylic acids is 2. The molecule has 0 saturated carbocycles. The van der Waals surface area contributed by atoms with E-state index in [1.165, 1.54) is 7.11 Å². The van der Waals surface area contributed by atoms with E-state index >= 15 is 0 Å². The Morgan fingerprint density at radius 3 is 2.63 bits per heavy atom. The fourth-order valence-electron chi connectivity index (χ4n) is 4.82. The zero-order chi connectivity index (χ0) is 24.5. The first kappa shape index (κ1) is 23.1. The number of ketones is 1. The van der Waals surface area contributed by atoms with Crippen molar-refractivity contribution in [1.82, 2.24) is 9.80 Å². The number of morpholine rings is 1. The van der Waals surface area contributed by atoms with Crippen LogP contribution in [0.2, 0.25) is 0 Å². The van der Waals surface area contributed by atoms with E-state index in [0.29, 0.717) is 43.0 Å². The summed E-state index contributed by atoms with van der Waals surface area (Å²) >= 11 is 0. The molecule has 3 aromatic rings. The Morgan fingerprint density at radius 2 is 1.89 bits per heavy atom. The number of aryl methyl sites for hydroxylation is 1. The summed E-state index contributed by atoms with van der Waals surface area (Å²) in [5.74, 6) is -1.05. The van der Waals surface area contributed by atoms with Gasteiger partial charge in [-0.2, -0.15) is 0 Å². The second kappa shape index (κ2) is 9.56. The maximum Gasteiger partial charge on any atom is 0.290 e. The van der Waals surface area contributed by atoms with E-state index in [-0.39, 0.29) is 11.3 Å². The Labute approximate surface area is 203 Å². The van der Waals surface area contributed by atoms with Crippen LogP contribution in [0.1, 0.15) is 27.7 Å². The molecule has 3 heterocycles. The van der Waals surface area contributed by atoms with Gasteiger partial charge in [-0.3, -0.25) is 14.5 Å². The summed E-state index contributed by atoms with van der Waals surface area (Å²) in [6.07, 6.45) is 0. The molecule has 1 saturated heterocycles. The molecule has 1 amide bonds. The van der Waals surface area contributed by atoms with Gasteiger partial charge in [-0.05, 0) is 24.6 Å². The molecule has 1 fully saturated rings. The Balaban J connectivity index is 1.52. The van der Waals surface area contributed by atoms with Crippen LogP contribution in [0, 0.1) is 6.92 Å². The van der Waals surface area contributed by atoms with Gasteiger partial charge in [0.05, 0.1) is 31.9 Å². The number of carbonyl (C=O) groups is 2. The van der Waals surface area contributed by atoms with Crippen molar-refractivity contribution < 1.29 is 28.6 Å². The molecule has 8 heteroatoms. The smallest absolute Gasteiger partial charge is 0.290 e. The highest BCUT2D eigenvalue weighted by Gasteiger charge is 2.44. The number of rotatable bonds is 7. The van der Waals surface area contributed by atoms with Gasteiger partial charge in [-0.1, -0.05) is 42.0 Å². The van der Waals surface area contributed by atoms with E-state index in [0.717, 1.165) is 24.2 Å². The predicted octanol–water partition coefficient (Wildman–Crippen LogP) is 3.66. The molecule has 2 aliphatic rings. The number of aliphatic hydroxyl groups is 1. The zero-order valence-corrected chi connectivity index (χ0v) is 19.8. The molecule has 1 atom stereocenters. The minimum Gasteiger partial charge on any atom is -0.503 e. The van der Waals surface area contributed by atoms with Crippen molar-refractivity contribution in [2.75, 3.05) is 46.5 Å². The average Bonchev–Trinajstić information content (AvgIpc) is 3.42. The maximum absolute atomic E-state index is 13.7. The Bertz CT molecular complexity index is 1300. The third kappa shape index (κ3) is 4.31. The molecule has 1 N–H and O–H groups in total. The van der Waals surface area contributed by atoms with E-state index in [4.69, 9.17) is 13.9 Å². The van der Waals surface area contributed by atoms with Crippen molar-refractivity contribution in [3.8, 4) is 5.75 Å². The highest BCUT2D eigenvalue weighted by Crippen LogP contribution is 2.40. The van der Waals surface area contributed by atoms with Gasteiger partial charge < -0.3 is 23.9 Å². The Kier molecular flexibility index (Phi) is 6.32. The lowest BCUT2D eigenvalue weighted by Crippen LogP contribution is -2.43. The normalized spacial score (nSPS) is 19.1. The summed E-state index contributed by atoms with van der Waals surface area (Å²) in [7, 11) is 1.53. The van der Waals surface area contributed by atoms with Crippen LogP contribution in [0.15, 0.2) is 64.3 Å². The van der Waals surface area contributed by atoms with Crippen molar-refractivity contribution in [2.45, 2.75) is 13.0 Å². The molecule has 0 spiro atoms. The Hall–Kier alpha value is -3.62. The lowest BCUT2D eigenvalue weighted by atomic mass is 9.94. The van der Waals surface area contributed by atoms with Crippen LogP contribution in [0.4, 0.5) is 0 Å². The molecule has 2 aromatic carbocycles. The van der Waals surface area contributed by atoms with Gasteiger partial charge in [0.25, 0.3) is 5.91 Å². The number of aliphatic hydroxyl groups excluding tert-OH is 1. The molecule has 2 aliphatic heterocycles.